The van der Waals surface area contributed by atoms with Crippen molar-refractivity contribution in [2.75, 3.05) is 13.1 Å². The van der Waals surface area contributed by atoms with Crippen LogP contribution in [-0.2, 0) is 11.0 Å². The van der Waals surface area contributed by atoms with Crippen LogP contribution in [0.25, 0.3) is 6.08 Å². The maximum Gasteiger partial charge on any atom is 0.416 e. The van der Waals surface area contributed by atoms with Crippen LogP contribution in [0.15, 0.2) is 30.3 Å². The van der Waals surface area contributed by atoms with E-state index < -0.39 is 11.7 Å². The van der Waals surface area contributed by atoms with Gasteiger partial charge in [0, 0.05) is 13.1 Å². The monoisotopic (exact) mass is 293 g/mol. The molecule has 1 aromatic rings. The summed E-state index contributed by atoms with van der Waals surface area (Å²) in [5.74, 6) is 1.94. The van der Waals surface area contributed by atoms with Crippen LogP contribution in [0.4, 0.5) is 13.2 Å². The lowest BCUT2D eigenvalue weighted by Gasteiger charge is -2.11. The van der Waals surface area contributed by atoms with Gasteiger partial charge in [0.1, 0.15) is 0 Å². The molecule has 2 nitrogen and oxygen atoms in total. The summed E-state index contributed by atoms with van der Waals surface area (Å²) >= 11 is 0. The molecule has 21 heavy (non-hydrogen) atoms. The molecule has 0 N–H and O–H groups in total. The van der Waals surface area contributed by atoms with Gasteiger partial charge in [-0.2, -0.15) is 13.2 Å². The van der Waals surface area contributed by atoms with Crippen LogP contribution in [-0.4, -0.2) is 23.9 Å². The summed E-state index contributed by atoms with van der Waals surface area (Å²) in [4.78, 5) is 12.9. The quantitative estimate of drug-likeness (QED) is 0.767. The second kappa shape index (κ2) is 6.04. The largest absolute Gasteiger partial charge is 0.416 e. The molecule has 0 bridgehead atoms. The number of alkyl halides is 3. The SMILES string of the molecule is C#CC(=O)N1CCC(C=Cc2ccc(C(F)(F)F)cc2)C1. The lowest BCUT2D eigenvalue weighted by atomic mass is 10.1. The summed E-state index contributed by atoms with van der Waals surface area (Å²) in [7, 11) is 0. The average Bonchev–Trinajstić information content (AvgIpc) is 2.92. The van der Waals surface area contributed by atoms with Crippen molar-refractivity contribution in [3.05, 3.63) is 41.5 Å². The zero-order chi connectivity index (χ0) is 15.5. The van der Waals surface area contributed by atoms with Gasteiger partial charge >= 0.3 is 6.18 Å². The van der Waals surface area contributed by atoms with Crippen molar-refractivity contribution in [2.24, 2.45) is 5.92 Å². The number of terminal acetylenes is 1. The molecule has 1 aromatic carbocycles. The highest BCUT2D eigenvalue weighted by Crippen LogP contribution is 2.29. The van der Waals surface area contributed by atoms with Crippen molar-refractivity contribution in [2.45, 2.75) is 12.6 Å². The van der Waals surface area contributed by atoms with Gasteiger partial charge in [-0.3, -0.25) is 4.79 Å². The Morgan fingerprint density at radius 2 is 2.00 bits per heavy atom. The van der Waals surface area contributed by atoms with Gasteiger partial charge in [0.05, 0.1) is 5.56 Å². The van der Waals surface area contributed by atoms with Crippen molar-refractivity contribution >= 4 is 12.0 Å². The van der Waals surface area contributed by atoms with Gasteiger partial charge in [-0.25, -0.2) is 0 Å². The molecule has 0 radical (unpaired) electrons. The van der Waals surface area contributed by atoms with Crippen LogP contribution in [0, 0.1) is 18.3 Å². The molecule has 0 saturated carbocycles. The average molecular weight is 293 g/mol. The van der Waals surface area contributed by atoms with E-state index in [1.54, 1.807) is 11.0 Å². The zero-order valence-corrected chi connectivity index (χ0v) is 11.2. The molecule has 110 valence electrons. The zero-order valence-electron chi connectivity index (χ0n) is 11.2. The highest BCUT2D eigenvalue weighted by atomic mass is 19.4. The lowest BCUT2D eigenvalue weighted by molar-refractivity contribution is -0.137. The maximum absolute atomic E-state index is 12.4. The van der Waals surface area contributed by atoms with Crippen LogP contribution >= 0.6 is 0 Å². The summed E-state index contributed by atoms with van der Waals surface area (Å²) < 4.78 is 37.3. The third-order valence-electron chi connectivity index (χ3n) is 3.43. The summed E-state index contributed by atoms with van der Waals surface area (Å²) in [6.45, 7) is 1.17. The number of hydrogen-bond acceptors (Lipinski definition) is 1. The third-order valence-corrected chi connectivity index (χ3v) is 3.43. The first-order valence-corrected chi connectivity index (χ1v) is 6.51. The molecule has 1 amide bonds. The Balaban J connectivity index is 1.97. The van der Waals surface area contributed by atoms with Crippen LogP contribution in [0.5, 0.6) is 0 Å². The minimum Gasteiger partial charge on any atom is -0.331 e. The second-order valence-electron chi connectivity index (χ2n) is 4.92. The van der Waals surface area contributed by atoms with Crippen molar-refractivity contribution < 1.29 is 18.0 Å². The molecule has 5 heteroatoms. The van der Waals surface area contributed by atoms with Gasteiger partial charge in [0.2, 0.25) is 0 Å². The minimum absolute atomic E-state index is 0.185. The Morgan fingerprint density at radius 1 is 1.33 bits per heavy atom. The molecule has 0 aliphatic carbocycles. The fraction of sp³-hybridized carbons (Fsp3) is 0.312. The van der Waals surface area contributed by atoms with Gasteiger partial charge in [-0.15, -0.1) is 6.42 Å². The van der Waals surface area contributed by atoms with E-state index in [-0.39, 0.29) is 11.8 Å². The number of carbonyl (C=O) groups excluding carboxylic acids is 1. The van der Waals surface area contributed by atoms with Crippen molar-refractivity contribution in [1.82, 2.24) is 4.90 Å². The van der Waals surface area contributed by atoms with Crippen molar-refractivity contribution in [1.29, 1.82) is 0 Å². The number of hydrogen-bond donors (Lipinski definition) is 0. The normalized spacial score (nSPS) is 19.0. The number of likely N-dealkylation sites (tertiary alicyclic amines) is 1. The molecule has 1 saturated heterocycles. The number of halogens is 3. The van der Waals surface area contributed by atoms with E-state index in [0.29, 0.717) is 18.7 Å². The van der Waals surface area contributed by atoms with E-state index in [1.165, 1.54) is 12.1 Å². The molecule has 1 aliphatic heterocycles. The number of carbonyl (C=O) groups is 1. The molecule has 1 atom stereocenters. The predicted octanol–water partition coefficient (Wildman–Crippen LogP) is 3.20. The maximum atomic E-state index is 12.4. The summed E-state index contributed by atoms with van der Waals surface area (Å²) in [6, 6.07) is 4.97. The molecule has 1 aliphatic rings. The van der Waals surface area contributed by atoms with Gasteiger partial charge in [-0.1, -0.05) is 24.3 Å². The van der Waals surface area contributed by atoms with E-state index in [4.69, 9.17) is 6.42 Å². The first-order chi connectivity index (χ1) is 9.90. The fourth-order valence-electron chi connectivity index (χ4n) is 2.25. The molecular weight excluding hydrogens is 279 g/mol. The number of nitrogens with zero attached hydrogens (tertiary/aromatic N) is 1. The number of amides is 1. The molecular formula is C16H14F3NO. The highest BCUT2D eigenvalue weighted by molar-refractivity contribution is 5.93. The van der Waals surface area contributed by atoms with Gasteiger partial charge in [-0.05, 0) is 36.0 Å². The van der Waals surface area contributed by atoms with Crippen molar-refractivity contribution in [3.8, 4) is 12.3 Å². The van der Waals surface area contributed by atoms with Gasteiger partial charge < -0.3 is 4.90 Å². The van der Waals surface area contributed by atoms with E-state index in [2.05, 4.69) is 5.92 Å². The highest BCUT2D eigenvalue weighted by Gasteiger charge is 2.29. The first-order valence-electron chi connectivity index (χ1n) is 6.51. The van der Waals surface area contributed by atoms with E-state index in [9.17, 15) is 18.0 Å². The summed E-state index contributed by atoms with van der Waals surface area (Å²) in [5, 5.41) is 0. The predicted molar refractivity (Wildman–Crippen MR) is 74.0 cm³/mol. The Labute approximate surface area is 121 Å². The molecule has 0 spiro atoms. The van der Waals surface area contributed by atoms with Crippen LogP contribution < -0.4 is 0 Å². The Hall–Kier alpha value is -2.22. The first kappa shape index (κ1) is 15.2. The van der Waals surface area contributed by atoms with E-state index in [0.717, 1.165) is 18.6 Å². The van der Waals surface area contributed by atoms with Gasteiger partial charge in [0.15, 0.2) is 0 Å². The number of benzene rings is 1. The molecule has 2 rings (SSSR count). The smallest absolute Gasteiger partial charge is 0.331 e. The topological polar surface area (TPSA) is 20.3 Å². The molecule has 1 unspecified atom stereocenters. The standard InChI is InChI=1S/C16H14F3NO/c1-2-15(21)20-10-9-13(11-20)4-3-12-5-7-14(8-6-12)16(17,18)19/h1,3-8,13H,9-11H2. The summed E-state index contributed by atoms with van der Waals surface area (Å²) in [6.07, 6.45) is 5.24. The fourth-order valence-corrected chi connectivity index (χ4v) is 2.25. The van der Waals surface area contributed by atoms with Crippen LogP contribution in [0.3, 0.4) is 0 Å². The van der Waals surface area contributed by atoms with E-state index >= 15 is 0 Å². The molecule has 0 aromatic heterocycles. The molecule has 1 heterocycles. The summed E-state index contributed by atoms with van der Waals surface area (Å²) in [5.41, 5.74) is 0.0380. The second-order valence-corrected chi connectivity index (χ2v) is 4.92. The lowest BCUT2D eigenvalue weighted by Crippen LogP contribution is -2.26. The third kappa shape index (κ3) is 3.88. The molecule has 1 fully saturated rings. The van der Waals surface area contributed by atoms with Gasteiger partial charge in [0.25, 0.3) is 5.91 Å². The Kier molecular flexibility index (Phi) is 4.37. The minimum atomic E-state index is -4.32. The number of rotatable bonds is 2. The van der Waals surface area contributed by atoms with Crippen LogP contribution in [0.1, 0.15) is 17.5 Å². The Bertz CT molecular complexity index is 581. The Morgan fingerprint density at radius 3 is 2.57 bits per heavy atom. The van der Waals surface area contributed by atoms with E-state index in [1.807, 2.05) is 6.08 Å². The van der Waals surface area contributed by atoms with Crippen LogP contribution in [0.2, 0.25) is 0 Å². The van der Waals surface area contributed by atoms with Crippen molar-refractivity contribution in [3.63, 3.8) is 0 Å².